The molecule has 0 heterocycles. The van der Waals surface area contributed by atoms with E-state index in [9.17, 15) is 14.7 Å². The number of aliphatic carboxylic acids is 1. The lowest BCUT2D eigenvalue weighted by Gasteiger charge is -2.31. The highest BCUT2D eigenvalue weighted by Gasteiger charge is 2.51. The van der Waals surface area contributed by atoms with Crippen molar-refractivity contribution in [3.63, 3.8) is 0 Å². The summed E-state index contributed by atoms with van der Waals surface area (Å²) in [7, 11) is 0. The van der Waals surface area contributed by atoms with Crippen LogP contribution in [0.2, 0.25) is 0 Å². The minimum absolute atomic E-state index is 0.0157. The average molecular weight is 296 g/mol. The molecule has 120 valence electrons. The molecule has 0 aromatic carbocycles. The molecule has 2 saturated carbocycles. The predicted octanol–water partition coefficient (Wildman–Crippen LogP) is 1.77. The molecule has 1 amide bonds. The summed E-state index contributed by atoms with van der Waals surface area (Å²) in [6.07, 6.45) is 6.37. The van der Waals surface area contributed by atoms with Crippen LogP contribution in [0.25, 0.3) is 0 Å². The highest BCUT2D eigenvalue weighted by molar-refractivity contribution is 5.81. The third-order valence-electron chi connectivity index (χ3n) is 5.12. The number of unbranched alkanes of at least 4 members (excludes halogenated alkanes) is 2. The average Bonchev–Trinajstić information content (AvgIpc) is 3.04. The molecule has 0 aromatic heterocycles. The van der Waals surface area contributed by atoms with Crippen molar-refractivity contribution in [2.24, 2.45) is 17.8 Å². The fourth-order valence-electron chi connectivity index (χ4n) is 3.99. The van der Waals surface area contributed by atoms with Gasteiger partial charge in [-0.15, -0.1) is 0 Å². The molecule has 21 heavy (non-hydrogen) atoms. The van der Waals surface area contributed by atoms with Gasteiger partial charge >= 0.3 is 5.97 Å². The summed E-state index contributed by atoms with van der Waals surface area (Å²) in [4.78, 5) is 23.5. The van der Waals surface area contributed by atoms with Gasteiger partial charge in [-0.3, -0.25) is 9.59 Å². The van der Waals surface area contributed by atoms with E-state index in [1.54, 1.807) is 0 Å². The van der Waals surface area contributed by atoms with Gasteiger partial charge in [0, 0.05) is 12.6 Å². The minimum Gasteiger partial charge on any atom is -0.481 e. The highest BCUT2D eigenvalue weighted by atomic mass is 16.4. The van der Waals surface area contributed by atoms with Gasteiger partial charge in [0.2, 0.25) is 5.91 Å². The fourth-order valence-corrected chi connectivity index (χ4v) is 3.99. The highest BCUT2D eigenvalue weighted by Crippen LogP contribution is 2.48. The standard InChI is InChI=1S/C16H28N2O3/c1-3-4-5-8-17-15(19)10(2)18-14-12-7-6-11(9-12)13(14)16(20)21/h10-14,18H,3-9H2,1-2H3,(H,17,19)(H,20,21). The molecule has 2 rings (SSSR count). The lowest BCUT2D eigenvalue weighted by Crippen LogP contribution is -2.52. The van der Waals surface area contributed by atoms with Crippen LogP contribution in [0.3, 0.4) is 0 Å². The van der Waals surface area contributed by atoms with Gasteiger partial charge in [-0.2, -0.15) is 0 Å². The maximum absolute atomic E-state index is 12.1. The molecular formula is C16H28N2O3. The Bertz CT molecular complexity index is 386. The first-order valence-corrected chi connectivity index (χ1v) is 8.31. The SMILES string of the molecule is CCCCCNC(=O)C(C)NC1C2CCC(C2)C1C(=O)O. The van der Waals surface area contributed by atoms with E-state index in [-0.39, 0.29) is 23.9 Å². The molecule has 2 bridgehead atoms. The first-order chi connectivity index (χ1) is 10.0. The van der Waals surface area contributed by atoms with Crippen LogP contribution in [0, 0.1) is 17.8 Å². The van der Waals surface area contributed by atoms with E-state index in [2.05, 4.69) is 17.6 Å². The van der Waals surface area contributed by atoms with Crippen LogP contribution in [-0.2, 0) is 9.59 Å². The first-order valence-electron chi connectivity index (χ1n) is 8.31. The van der Waals surface area contributed by atoms with E-state index < -0.39 is 5.97 Å². The quantitative estimate of drug-likeness (QED) is 0.597. The maximum atomic E-state index is 12.1. The number of rotatable bonds is 8. The van der Waals surface area contributed by atoms with Crippen molar-refractivity contribution in [2.45, 2.75) is 64.5 Å². The van der Waals surface area contributed by atoms with Crippen molar-refractivity contribution >= 4 is 11.9 Å². The van der Waals surface area contributed by atoms with Crippen LogP contribution < -0.4 is 10.6 Å². The van der Waals surface area contributed by atoms with Gasteiger partial charge in [0.05, 0.1) is 12.0 Å². The van der Waals surface area contributed by atoms with Gasteiger partial charge in [-0.1, -0.05) is 19.8 Å². The van der Waals surface area contributed by atoms with E-state index in [1.165, 1.54) is 0 Å². The lowest BCUT2D eigenvalue weighted by atomic mass is 9.84. The largest absolute Gasteiger partial charge is 0.481 e. The number of carboxylic acid groups (broad SMARTS) is 1. The Hall–Kier alpha value is -1.10. The molecule has 0 radical (unpaired) electrons. The van der Waals surface area contributed by atoms with Crippen molar-refractivity contribution in [1.29, 1.82) is 0 Å². The van der Waals surface area contributed by atoms with Crippen LogP contribution in [0.4, 0.5) is 0 Å². The zero-order chi connectivity index (χ0) is 15.4. The van der Waals surface area contributed by atoms with Crippen LogP contribution in [0.5, 0.6) is 0 Å². The van der Waals surface area contributed by atoms with Crippen LogP contribution >= 0.6 is 0 Å². The summed E-state index contributed by atoms with van der Waals surface area (Å²) < 4.78 is 0. The molecule has 0 saturated heterocycles. The Balaban J connectivity index is 1.82. The van der Waals surface area contributed by atoms with Gasteiger partial charge in [-0.05, 0) is 44.4 Å². The Morgan fingerprint density at radius 1 is 1.24 bits per heavy atom. The van der Waals surface area contributed by atoms with E-state index >= 15 is 0 Å². The summed E-state index contributed by atoms with van der Waals surface area (Å²) in [5.74, 6) is -0.330. The second-order valence-electron chi connectivity index (χ2n) is 6.61. The second kappa shape index (κ2) is 7.25. The Morgan fingerprint density at radius 3 is 2.62 bits per heavy atom. The van der Waals surface area contributed by atoms with E-state index in [1.807, 2.05) is 6.92 Å². The number of carboxylic acids is 1. The maximum Gasteiger partial charge on any atom is 0.308 e. The van der Waals surface area contributed by atoms with Crippen molar-refractivity contribution < 1.29 is 14.7 Å². The molecular weight excluding hydrogens is 268 g/mol. The Labute approximate surface area is 126 Å². The molecule has 0 aromatic rings. The molecule has 5 heteroatoms. The summed E-state index contributed by atoms with van der Waals surface area (Å²) in [6, 6.07) is -0.365. The normalized spacial score (nSPS) is 32.1. The molecule has 5 atom stereocenters. The van der Waals surface area contributed by atoms with E-state index in [0.717, 1.165) is 38.5 Å². The van der Waals surface area contributed by atoms with Gasteiger partial charge in [0.15, 0.2) is 0 Å². The van der Waals surface area contributed by atoms with Gasteiger partial charge in [-0.25, -0.2) is 0 Å². The molecule has 2 aliphatic carbocycles. The van der Waals surface area contributed by atoms with E-state index in [4.69, 9.17) is 0 Å². The fraction of sp³-hybridized carbons (Fsp3) is 0.875. The molecule has 2 fully saturated rings. The zero-order valence-electron chi connectivity index (χ0n) is 13.1. The summed E-state index contributed by atoms with van der Waals surface area (Å²) in [5, 5.41) is 15.6. The molecule has 0 spiro atoms. The monoisotopic (exact) mass is 296 g/mol. The Kier molecular flexibility index (Phi) is 5.62. The van der Waals surface area contributed by atoms with Crippen LogP contribution in [0.15, 0.2) is 0 Å². The van der Waals surface area contributed by atoms with E-state index in [0.29, 0.717) is 18.4 Å². The third-order valence-corrected chi connectivity index (χ3v) is 5.12. The van der Waals surface area contributed by atoms with Crippen LogP contribution in [0.1, 0.15) is 52.4 Å². The van der Waals surface area contributed by atoms with Crippen LogP contribution in [-0.4, -0.2) is 35.6 Å². The number of hydrogen-bond acceptors (Lipinski definition) is 3. The topological polar surface area (TPSA) is 78.4 Å². The lowest BCUT2D eigenvalue weighted by molar-refractivity contribution is -0.145. The Morgan fingerprint density at radius 2 is 1.95 bits per heavy atom. The third kappa shape index (κ3) is 3.76. The second-order valence-corrected chi connectivity index (χ2v) is 6.61. The van der Waals surface area contributed by atoms with Crippen molar-refractivity contribution in [2.75, 3.05) is 6.54 Å². The number of carbonyl (C=O) groups is 2. The van der Waals surface area contributed by atoms with Crippen molar-refractivity contribution in [1.82, 2.24) is 10.6 Å². The molecule has 5 unspecified atom stereocenters. The van der Waals surface area contributed by atoms with Gasteiger partial charge in [0.1, 0.15) is 0 Å². The number of amides is 1. The van der Waals surface area contributed by atoms with Gasteiger partial charge < -0.3 is 15.7 Å². The smallest absolute Gasteiger partial charge is 0.308 e. The molecule has 0 aliphatic heterocycles. The van der Waals surface area contributed by atoms with Crippen molar-refractivity contribution in [3.8, 4) is 0 Å². The number of hydrogen-bond donors (Lipinski definition) is 3. The molecule has 2 aliphatic rings. The first kappa shape index (κ1) is 16.3. The summed E-state index contributed by atoms with van der Waals surface area (Å²) >= 11 is 0. The molecule has 5 nitrogen and oxygen atoms in total. The minimum atomic E-state index is -0.713. The van der Waals surface area contributed by atoms with Gasteiger partial charge in [0.25, 0.3) is 0 Å². The number of carbonyl (C=O) groups excluding carboxylic acids is 1. The van der Waals surface area contributed by atoms with Crippen molar-refractivity contribution in [3.05, 3.63) is 0 Å². The number of fused-ring (bicyclic) bond motifs is 2. The zero-order valence-corrected chi connectivity index (χ0v) is 13.1. The summed E-state index contributed by atoms with van der Waals surface area (Å²) in [6.45, 7) is 4.67. The molecule has 3 N–H and O–H groups in total. The summed E-state index contributed by atoms with van der Waals surface area (Å²) in [5.41, 5.74) is 0. The number of nitrogens with one attached hydrogen (secondary N) is 2. The predicted molar refractivity (Wildman–Crippen MR) is 80.9 cm³/mol.